The average molecular weight is 358 g/mol. The Morgan fingerprint density at radius 1 is 0.857 bits per heavy atom. The SMILES string of the molecule is Clc1ccc(-c2nc(Br)c3ccc4ccccc4n23)cc1. The Balaban J connectivity index is 2.13. The van der Waals surface area contributed by atoms with E-state index in [0.717, 1.165) is 32.0 Å². The molecule has 0 bridgehead atoms. The first-order valence-corrected chi connectivity index (χ1v) is 7.73. The molecule has 0 aliphatic carbocycles. The fraction of sp³-hybridized carbons (Fsp3) is 0. The van der Waals surface area contributed by atoms with Crippen LogP contribution in [-0.2, 0) is 0 Å². The molecule has 2 heterocycles. The molecule has 0 aliphatic rings. The predicted molar refractivity (Wildman–Crippen MR) is 90.8 cm³/mol. The zero-order valence-corrected chi connectivity index (χ0v) is 13.3. The fourth-order valence-electron chi connectivity index (χ4n) is 2.59. The lowest BCUT2D eigenvalue weighted by Crippen LogP contribution is -1.91. The van der Waals surface area contributed by atoms with Gasteiger partial charge in [-0.3, -0.25) is 4.40 Å². The lowest BCUT2D eigenvalue weighted by molar-refractivity contribution is 1.21. The van der Waals surface area contributed by atoms with Crippen LogP contribution >= 0.6 is 27.5 Å². The number of imidazole rings is 1. The first-order valence-electron chi connectivity index (χ1n) is 6.56. The quantitative estimate of drug-likeness (QED) is 0.435. The van der Waals surface area contributed by atoms with Gasteiger partial charge in [0.05, 0.1) is 11.0 Å². The summed E-state index contributed by atoms with van der Waals surface area (Å²) in [5.41, 5.74) is 3.23. The van der Waals surface area contributed by atoms with Gasteiger partial charge in [-0.05, 0) is 57.7 Å². The molecule has 0 aliphatic heterocycles. The average Bonchev–Trinajstić information content (AvgIpc) is 2.86. The van der Waals surface area contributed by atoms with E-state index in [1.165, 1.54) is 5.39 Å². The molecule has 0 amide bonds. The summed E-state index contributed by atoms with van der Waals surface area (Å²) in [6.07, 6.45) is 0. The first kappa shape index (κ1) is 12.9. The third-order valence-corrected chi connectivity index (χ3v) is 4.40. The number of pyridine rings is 1. The van der Waals surface area contributed by atoms with Crippen molar-refractivity contribution in [1.82, 2.24) is 9.38 Å². The van der Waals surface area contributed by atoms with E-state index in [1.54, 1.807) is 0 Å². The second kappa shape index (κ2) is 4.86. The molecular formula is C17H10BrClN2. The van der Waals surface area contributed by atoms with E-state index < -0.39 is 0 Å². The Kier molecular flexibility index (Phi) is 2.98. The minimum absolute atomic E-state index is 0.725. The summed E-state index contributed by atoms with van der Waals surface area (Å²) in [4.78, 5) is 4.68. The van der Waals surface area contributed by atoms with Crippen LogP contribution in [0.4, 0.5) is 0 Å². The molecular weight excluding hydrogens is 348 g/mol. The van der Waals surface area contributed by atoms with Crippen molar-refractivity contribution in [2.24, 2.45) is 0 Å². The number of benzene rings is 2. The third-order valence-electron chi connectivity index (χ3n) is 3.57. The van der Waals surface area contributed by atoms with Crippen LogP contribution in [0.3, 0.4) is 0 Å². The van der Waals surface area contributed by atoms with E-state index in [4.69, 9.17) is 11.6 Å². The molecule has 0 saturated carbocycles. The maximum Gasteiger partial charge on any atom is 0.146 e. The van der Waals surface area contributed by atoms with Crippen LogP contribution in [0.5, 0.6) is 0 Å². The summed E-state index contributed by atoms with van der Waals surface area (Å²) in [5, 5.41) is 1.91. The minimum atomic E-state index is 0.725. The largest absolute Gasteiger partial charge is 0.291 e. The van der Waals surface area contributed by atoms with Crippen LogP contribution in [0.1, 0.15) is 0 Å². The maximum absolute atomic E-state index is 5.98. The molecule has 102 valence electrons. The predicted octanol–water partition coefficient (Wildman–Crippen LogP) is 5.57. The molecule has 2 nitrogen and oxygen atoms in total. The van der Waals surface area contributed by atoms with Gasteiger partial charge in [-0.25, -0.2) is 4.98 Å². The summed E-state index contributed by atoms with van der Waals surface area (Å²) >= 11 is 9.54. The summed E-state index contributed by atoms with van der Waals surface area (Å²) in [6, 6.07) is 20.2. The van der Waals surface area contributed by atoms with Crippen molar-refractivity contribution in [3.63, 3.8) is 0 Å². The molecule has 0 fully saturated rings. The summed E-state index contributed by atoms with van der Waals surface area (Å²) in [7, 11) is 0. The van der Waals surface area contributed by atoms with Gasteiger partial charge in [0, 0.05) is 10.6 Å². The summed E-state index contributed by atoms with van der Waals surface area (Å²) in [6.45, 7) is 0. The van der Waals surface area contributed by atoms with E-state index in [-0.39, 0.29) is 0 Å². The lowest BCUT2D eigenvalue weighted by Gasteiger charge is -2.06. The first-order chi connectivity index (χ1) is 10.2. The number of rotatable bonds is 1. The normalized spacial score (nSPS) is 11.3. The summed E-state index contributed by atoms with van der Waals surface area (Å²) < 4.78 is 3.01. The van der Waals surface area contributed by atoms with Gasteiger partial charge in [0.15, 0.2) is 0 Å². The molecule has 0 unspecified atom stereocenters. The zero-order chi connectivity index (χ0) is 14.4. The number of hydrogen-bond donors (Lipinski definition) is 0. The van der Waals surface area contributed by atoms with Crippen LogP contribution in [0, 0.1) is 0 Å². The van der Waals surface area contributed by atoms with Crippen molar-refractivity contribution in [2.75, 3.05) is 0 Å². The van der Waals surface area contributed by atoms with Gasteiger partial charge in [-0.1, -0.05) is 35.9 Å². The molecule has 0 radical (unpaired) electrons. The number of nitrogens with zero attached hydrogens (tertiary/aromatic N) is 2. The molecule has 4 rings (SSSR count). The van der Waals surface area contributed by atoms with Crippen molar-refractivity contribution >= 4 is 44.0 Å². The lowest BCUT2D eigenvalue weighted by atomic mass is 10.2. The van der Waals surface area contributed by atoms with Crippen LogP contribution in [-0.4, -0.2) is 9.38 Å². The van der Waals surface area contributed by atoms with Crippen LogP contribution in [0.25, 0.3) is 27.8 Å². The van der Waals surface area contributed by atoms with E-state index in [1.807, 2.05) is 36.4 Å². The molecule has 0 atom stereocenters. The zero-order valence-electron chi connectivity index (χ0n) is 10.9. The van der Waals surface area contributed by atoms with Gasteiger partial charge in [-0.2, -0.15) is 0 Å². The van der Waals surface area contributed by atoms with Crippen LogP contribution < -0.4 is 0 Å². The number of fused-ring (bicyclic) bond motifs is 3. The highest BCUT2D eigenvalue weighted by atomic mass is 79.9. The molecule has 21 heavy (non-hydrogen) atoms. The van der Waals surface area contributed by atoms with Crippen LogP contribution in [0.2, 0.25) is 5.02 Å². The van der Waals surface area contributed by atoms with Crippen molar-refractivity contribution < 1.29 is 0 Å². The number of para-hydroxylation sites is 1. The van der Waals surface area contributed by atoms with Crippen molar-refractivity contribution in [1.29, 1.82) is 0 Å². The highest BCUT2D eigenvalue weighted by Gasteiger charge is 2.13. The maximum atomic E-state index is 5.98. The molecule has 0 N–H and O–H groups in total. The Morgan fingerprint density at radius 3 is 2.43 bits per heavy atom. The van der Waals surface area contributed by atoms with Crippen molar-refractivity contribution in [3.8, 4) is 11.4 Å². The molecule has 4 heteroatoms. The Hall–Kier alpha value is -1.84. The monoisotopic (exact) mass is 356 g/mol. The number of hydrogen-bond acceptors (Lipinski definition) is 1. The number of halogens is 2. The standard InChI is InChI=1S/C17H10BrClN2/c18-16-15-10-7-11-3-1-2-4-14(11)21(15)17(20-16)12-5-8-13(19)9-6-12/h1-10H. The molecule has 2 aromatic heterocycles. The highest BCUT2D eigenvalue weighted by Crippen LogP contribution is 2.30. The van der Waals surface area contributed by atoms with Gasteiger partial charge in [0.2, 0.25) is 0 Å². The minimum Gasteiger partial charge on any atom is -0.291 e. The second-order valence-electron chi connectivity index (χ2n) is 4.85. The second-order valence-corrected chi connectivity index (χ2v) is 6.03. The van der Waals surface area contributed by atoms with E-state index in [9.17, 15) is 0 Å². The van der Waals surface area contributed by atoms with Gasteiger partial charge >= 0.3 is 0 Å². The van der Waals surface area contributed by atoms with Gasteiger partial charge in [0.1, 0.15) is 10.4 Å². The Labute approximate surface area is 135 Å². The summed E-state index contributed by atoms with van der Waals surface area (Å²) in [5.74, 6) is 0.908. The third kappa shape index (κ3) is 2.04. The van der Waals surface area contributed by atoms with Gasteiger partial charge in [-0.15, -0.1) is 0 Å². The topological polar surface area (TPSA) is 17.3 Å². The van der Waals surface area contributed by atoms with Crippen molar-refractivity contribution in [2.45, 2.75) is 0 Å². The molecule has 0 spiro atoms. The Bertz CT molecular complexity index is 958. The Morgan fingerprint density at radius 2 is 1.62 bits per heavy atom. The smallest absolute Gasteiger partial charge is 0.146 e. The van der Waals surface area contributed by atoms with Crippen LogP contribution in [0.15, 0.2) is 65.3 Å². The van der Waals surface area contributed by atoms with E-state index in [0.29, 0.717) is 0 Å². The van der Waals surface area contributed by atoms with E-state index >= 15 is 0 Å². The molecule has 4 aromatic rings. The van der Waals surface area contributed by atoms with E-state index in [2.05, 4.69) is 49.6 Å². The number of aromatic nitrogens is 2. The fourth-order valence-corrected chi connectivity index (χ4v) is 3.19. The molecule has 2 aromatic carbocycles. The van der Waals surface area contributed by atoms with Gasteiger partial charge in [0.25, 0.3) is 0 Å². The van der Waals surface area contributed by atoms with Crippen molar-refractivity contribution in [3.05, 3.63) is 70.3 Å². The highest BCUT2D eigenvalue weighted by molar-refractivity contribution is 9.10. The van der Waals surface area contributed by atoms with Gasteiger partial charge < -0.3 is 0 Å². The molecule has 0 saturated heterocycles.